The fraction of sp³-hybridized carbons (Fsp3) is 0.471. The van der Waals surface area contributed by atoms with Gasteiger partial charge >= 0.3 is 0 Å². The van der Waals surface area contributed by atoms with E-state index in [1.54, 1.807) is 30.7 Å². The van der Waals surface area contributed by atoms with Gasteiger partial charge in [0, 0.05) is 6.04 Å². The Balaban J connectivity index is 1.94. The molecule has 1 aromatic heterocycles. The molecule has 1 aliphatic rings. The molecular formula is C17H22FN3O2S. The monoisotopic (exact) mass is 351 g/mol. The average Bonchev–Trinajstić information content (AvgIpc) is 2.84. The van der Waals surface area contributed by atoms with Gasteiger partial charge in [-0.3, -0.25) is 0 Å². The number of hydrogen-bond donors (Lipinski definition) is 1. The van der Waals surface area contributed by atoms with E-state index in [1.165, 1.54) is 18.6 Å². The van der Waals surface area contributed by atoms with Crippen molar-refractivity contribution >= 4 is 10.0 Å². The van der Waals surface area contributed by atoms with Gasteiger partial charge in [-0.15, -0.1) is 0 Å². The van der Waals surface area contributed by atoms with Gasteiger partial charge in [0.1, 0.15) is 10.7 Å². The number of aromatic nitrogens is 2. The first-order valence-corrected chi connectivity index (χ1v) is 9.71. The second kappa shape index (κ2) is 6.64. The van der Waals surface area contributed by atoms with Crippen molar-refractivity contribution in [3.63, 3.8) is 0 Å². The van der Waals surface area contributed by atoms with Gasteiger partial charge in [-0.2, -0.15) is 5.10 Å². The highest BCUT2D eigenvalue weighted by Gasteiger charge is 2.28. The fourth-order valence-electron chi connectivity index (χ4n) is 3.35. The zero-order valence-electron chi connectivity index (χ0n) is 13.9. The summed E-state index contributed by atoms with van der Waals surface area (Å²) in [6.45, 7) is 3.40. The molecule has 3 rings (SSSR count). The Morgan fingerprint density at radius 3 is 2.38 bits per heavy atom. The highest BCUT2D eigenvalue weighted by atomic mass is 32.2. The molecule has 0 unspecified atom stereocenters. The zero-order chi connectivity index (χ0) is 17.3. The fourth-order valence-corrected chi connectivity index (χ4v) is 5.05. The summed E-state index contributed by atoms with van der Waals surface area (Å²) < 4.78 is 43.1. The number of halogens is 1. The Labute approximate surface area is 141 Å². The summed E-state index contributed by atoms with van der Waals surface area (Å²) in [4.78, 5) is 0.220. The summed E-state index contributed by atoms with van der Waals surface area (Å²) >= 11 is 0. The Hall–Kier alpha value is -1.73. The van der Waals surface area contributed by atoms with Crippen LogP contribution in [0.3, 0.4) is 0 Å². The van der Waals surface area contributed by atoms with Crippen molar-refractivity contribution in [2.45, 2.75) is 56.9 Å². The SMILES string of the molecule is Cc1nn(-c2ccc(F)cc2)c(C)c1S(=O)(=O)NC1CCCCC1. The standard InChI is InChI=1S/C17H22FN3O2S/c1-12-17(24(22,23)20-15-6-4-3-5-7-15)13(2)21(19-12)16-10-8-14(18)9-11-16/h8-11,15,20H,3-7H2,1-2H3. The van der Waals surface area contributed by atoms with E-state index in [2.05, 4.69) is 9.82 Å². The van der Waals surface area contributed by atoms with Crippen LogP contribution in [0.1, 0.15) is 43.5 Å². The molecule has 1 aromatic carbocycles. The zero-order valence-corrected chi connectivity index (χ0v) is 14.7. The molecule has 0 bridgehead atoms. The number of rotatable bonds is 4. The minimum Gasteiger partial charge on any atom is -0.236 e. The molecule has 5 nitrogen and oxygen atoms in total. The number of nitrogens with zero attached hydrogens (tertiary/aromatic N) is 2. The first-order chi connectivity index (χ1) is 11.4. The largest absolute Gasteiger partial charge is 0.244 e. The molecular weight excluding hydrogens is 329 g/mol. The molecule has 0 saturated heterocycles. The van der Waals surface area contributed by atoms with Crippen LogP contribution in [0.15, 0.2) is 29.2 Å². The summed E-state index contributed by atoms with van der Waals surface area (Å²) in [5.41, 5.74) is 1.61. The van der Waals surface area contributed by atoms with E-state index < -0.39 is 10.0 Å². The second-order valence-electron chi connectivity index (χ2n) is 6.34. The molecule has 2 aromatic rings. The van der Waals surface area contributed by atoms with E-state index >= 15 is 0 Å². The lowest BCUT2D eigenvalue weighted by Gasteiger charge is -2.22. The van der Waals surface area contributed by atoms with E-state index in [1.807, 2.05) is 0 Å². The maximum atomic E-state index is 13.1. The third-order valence-electron chi connectivity index (χ3n) is 4.49. The topological polar surface area (TPSA) is 64.0 Å². The van der Waals surface area contributed by atoms with Crippen LogP contribution >= 0.6 is 0 Å². The van der Waals surface area contributed by atoms with Crippen molar-refractivity contribution in [2.24, 2.45) is 0 Å². The highest BCUT2D eigenvalue weighted by molar-refractivity contribution is 7.89. The van der Waals surface area contributed by atoms with Gasteiger partial charge in [0.15, 0.2) is 0 Å². The second-order valence-corrected chi connectivity index (χ2v) is 8.00. The lowest BCUT2D eigenvalue weighted by atomic mass is 9.96. The van der Waals surface area contributed by atoms with Crippen molar-refractivity contribution in [3.05, 3.63) is 41.5 Å². The van der Waals surface area contributed by atoms with E-state index in [4.69, 9.17) is 0 Å². The molecule has 0 amide bonds. The van der Waals surface area contributed by atoms with Crippen LogP contribution in [0.5, 0.6) is 0 Å². The first kappa shape index (κ1) is 17.1. The Kier molecular flexibility index (Phi) is 4.73. The molecule has 1 aliphatic carbocycles. The van der Waals surface area contributed by atoms with Crippen LogP contribution in [0.2, 0.25) is 0 Å². The van der Waals surface area contributed by atoms with E-state index in [9.17, 15) is 12.8 Å². The summed E-state index contributed by atoms with van der Waals surface area (Å²) in [6, 6.07) is 5.83. The summed E-state index contributed by atoms with van der Waals surface area (Å²) in [5, 5.41) is 4.34. The van der Waals surface area contributed by atoms with Crippen LogP contribution in [-0.2, 0) is 10.0 Å². The average molecular weight is 351 g/mol. The maximum absolute atomic E-state index is 13.1. The number of benzene rings is 1. The van der Waals surface area contributed by atoms with Gasteiger partial charge < -0.3 is 0 Å². The summed E-state index contributed by atoms with van der Waals surface area (Å²) in [6.07, 6.45) is 5.03. The van der Waals surface area contributed by atoms with Crippen LogP contribution in [0.4, 0.5) is 4.39 Å². The molecule has 1 fully saturated rings. The first-order valence-electron chi connectivity index (χ1n) is 8.23. The van der Waals surface area contributed by atoms with Crippen molar-refractivity contribution in [2.75, 3.05) is 0 Å². The summed E-state index contributed by atoms with van der Waals surface area (Å²) in [7, 11) is -3.62. The molecule has 1 heterocycles. The number of nitrogens with one attached hydrogen (secondary N) is 1. The third-order valence-corrected chi connectivity index (χ3v) is 6.26. The van der Waals surface area contributed by atoms with Gasteiger partial charge in [-0.25, -0.2) is 22.2 Å². The molecule has 0 spiro atoms. The lowest BCUT2D eigenvalue weighted by Crippen LogP contribution is -2.36. The Morgan fingerprint density at radius 1 is 1.12 bits per heavy atom. The predicted molar refractivity (Wildman–Crippen MR) is 90.2 cm³/mol. The lowest BCUT2D eigenvalue weighted by molar-refractivity contribution is 0.412. The van der Waals surface area contributed by atoms with Crippen molar-refractivity contribution in [3.8, 4) is 5.69 Å². The van der Waals surface area contributed by atoms with Crippen molar-refractivity contribution in [1.82, 2.24) is 14.5 Å². The van der Waals surface area contributed by atoms with Gasteiger partial charge in [0.25, 0.3) is 0 Å². The Bertz CT molecular complexity index is 822. The molecule has 7 heteroatoms. The van der Waals surface area contributed by atoms with Crippen molar-refractivity contribution in [1.29, 1.82) is 0 Å². The van der Waals surface area contributed by atoms with E-state index in [-0.39, 0.29) is 16.8 Å². The van der Waals surface area contributed by atoms with Crippen LogP contribution < -0.4 is 4.72 Å². The van der Waals surface area contributed by atoms with Gasteiger partial charge in [0.2, 0.25) is 10.0 Å². The molecule has 130 valence electrons. The third kappa shape index (κ3) is 3.37. The highest BCUT2D eigenvalue weighted by Crippen LogP contribution is 2.25. The molecule has 1 saturated carbocycles. The molecule has 0 atom stereocenters. The maximum Gasteiger partial charge on any atom is 0.244 e. The predicted octanol–water partition coefficient (Wildman–Crippen LogP) is 3.24. The van der Waals surface area contributed by atoms with Crippen LogP contribution in [-0.4, -0.2) is 24.2 Å². The molecule has 0 aliphatic heterocycles. The van der Waals surface area contributed by atoms with E-state index in [0.717, 1.165) is 25.7 Å². The summed E-state index contributed by atoms with van der Waals surface area (Å²) in [5.74, 6) is -0.341. The number of hydrogen-bond acceptors (Lipinski definition) is 3. The van der Waals surface area contributed by atoms with Crippen LogP contribution in [0.25, 0.3) is 5.69 Å². The number of sulfonamides is 1. The minimum atomic E-state index is -3.62. The molecule has 0 radical (unpaired) electrons. The van der Waals surface area contributed by atoms with E-state index in [0.29, 0.717) is 17.1 Å². The quantitative estimate of drug-likeness (QED) is 0.920. The van der Waals surface area contributed by atoms with Crippen molar-refractivity contribution < 1.29 is 12.8 Å². The normalized spacial score (nSPS) is 16.5. The Morgan fingerprint density at radius 2 is 1.75 bits per heavy atom. The smallest absolute Gasteiger partial charge is 0.236 e. The van der Waals surface area contributed by atoms with Gasteiger partial charge in [0.05, 0.1) is 17.1 Å². The molecule has 24 heavy (non-hydrogen) atoms. The number of aryl methyl sites for hydroxylation is 1. The van der Waals surface area contributed by atoms with Gasteiger partial charge in [-0.05, 0) is 51.0 Å². The van der Waals surface area contributed by atoms with Crippen LogP contribution in [0, 0.1) is 19.7 Å². The van der Waals surface area contributed by atoms with Gasteiger partial charge in [-0.1, -0.05) is 19.3 Å². The minimum absolute atomic E-state index is 0.00304. The molecule has 1 N–H and O–H groups in total.